The number of aliphatic hydroxyl groups excluding tert-OH is 1. The Kier molecular flexibility index (Phi) is 3.63. The van der Waals surface area contributed by atoms with E-state index in [-0.39, 0.29) is 12.1 Å². The van der Waals surface area contributed by atoms with Crippen molar-refractivity contribution in [3.8, 4) is 0 Å². The van der Waals surface area contributed by atoms with E-state index in [1.807, 2.05) is 7.05 Å². The maximum atomic E-state index is 9.77. The molecule has 0 radical (unpaired) electrons. The van der Waals surface area contributed by atoms with E-state index in [0.717, 1.165) is 12.6 Å². The van der Waals surface area contributed by atoms with Crippen molar-refractivity contribution in [3.05, 3.63) is 0 Å². The molecule has 0 aromatic heterocycles. The Morgan fingerprint density at radius 1 is 1.11 bits per heavy atom. The van der Waals surface area contributed by atoms with Crippen LogP contribution in [0.5, 0.6) is 0 Å². The fourth-order valence-corrected chi connectivity index (χ4v) is 3.43. The topological polar surface area (TPSA) is 38.7 Å². The van der Waals surface area contributed by atoms with E-state index in [4.69, 9.17) is 0 Å². The molecule has 3 fully saturated rings. The van der Waals surface area contributed by atoms with Crippen LogP contribution in [0.2, 0.25) is 0 Å². The van der Waals surface area contributed by atoms with Gasteiger partial charge in [0.2, 0.25) is 0 Å². The van der Waals surface area contributed by atoms with Gasteiger partial charge in [-0.3, -0.25) is 9.80 Å². The zero-order valence-electron chi connectivity index (χ0n) is 11.6. The molecule has 3 rings (SSSR count). The molecule has 3 aliphatic rings. The van der Waals surface area contributed by atoms with Gasteiger partial charge in [-0.25, -0.2) is 0 Å². The van der Waals surface area contributed by atoms with Crippen molar-refractivity contribution >= 4 is 0 Å². The quantitative estimate of drug-likeness (QED) is 0.706. The first kappa shape index (κ1) is 12.9. The van der Waals surface area contributed by atoms with Gasteiger partial charge in [0.1, 0.15) is 0 Å². The highest BCUT2D eigenvalue weighted by molar-refractivity contribution is 5.02. The molecule has 4 heteroatoms. The summed E-state index contributed by atoms with van der Waals surface area (Å²) in [7, 11) is 2.01. The second kappa shape index (κ2) is 5.08. The smallest absolute Gasteiger partial charge is 0.0628 e. The maximum absolute atomic E-state index is 9.77. The average Bonchev–Trinajstić information content (AvgIpc) is 3.29. The first-order chi connectivity index (χ1) is 8.77. The standard InChI is InChI=1S/C14H27N3O/c1-15-14(11-18,12-2-3-12)10-16-6-8-17(9-7-16)13-4-5-13/h12-13,15,18H,2-11H2,1H3. The number of piperazine rings is 1. The molecule has 104 valence electrons. The van der Waals surface area contributed by atoms with Gasteiger partial charge in [0, 0.05) is 38.8 Å². The molecular weight excluding hydrogens is 226 g/mol. The van der Waals surface area contributed by atoms with E-state index >= 15 is 0 Å². The minimum atomic E-state index is -0.0399. The summed E-state index contributed by atoms with van der Waals surface area (Å²) in [6, 6.07) is 0.905. The molecule has 1 saturated heterocycles. The van der Waals surface area contributed by atoms with Gasteiger partial charge < -0.3 is 10.4 Å². The zero-order chi connectivity index (χ0) is 12.6. The van der Waals surface area contributed by atoms with Crippen LogP contribution in [-0.2, 0) is 0 Å². The van der Waals surface area contributed by atoms with E-state index in [1.54, 1.807) is 0 Å². The van der Waals surface area contributed by atoms with E-state index in [2.05, 4.69) is 15.1 Å². The van der Waals surface area contributed by atoms with Crippen LogP contribution in [0.25, 0.3) is 0 Å². The van der Waals surface area contributed by atoms with Crippen LogP contribution in [-0.4, -0.2) is 72.9 Å². The molecule has 0 amide bonds. The van der Waals surface area contributed by atoms with Gasteiger partial charge >= 0.3 is 0 Å². The lowest BCUT2D eigenvalue weighted by atomic mass is 9.93. The van der Waals surface area contributed by atoms with Crippen LogP contribution in [0, 0.1) is 5.92 Å². The van der Waals surface area contributed by atoms with Crippen LogP contribution in [0.15, 0.2) is 0 Å². The molecule has 2 aliphatic carbocycles. The molecule has 0 aromatic rings. The summed E-state index contributed by atoms with van der Waals surface area (Å²) in [5.74, 6) is 0.689. The largest absolute Gasteiger partial charge is 0.394 e. The van der Waals surface area contributed by atoms with Crippen molar-refractivity contribution in [1.82, 2.24) is 15.1 Å². The Balaban J connectivity index is 1.52. The molecule has 2 saturated carbocycles. The van der Waals surface area contributed by atoms with E-state index < -0.39 is 0 Å². The SMILES string of the molecule is CNC(CO)(CN1CCN(C2CC2)CC1)C1CC1. The summed E-state index contributed by atoms with van der Waals surface area (Å²) >= 11 is 0. The summed E-state index contributed by atoms with van der Waals surface area (Å²) in [6.07, 6.45) is 5.39. The number of nitrogens with one attached hydrogen (secondary N) is 1. The van der Waals surface area contributed by atoms with Crippen molar-refractivity contribution in [2.24, 2.45) is 5.92 Å². The predicted molar refractivity (Wildman–Crippen MR) is 72.6 cm³/mol. The zero-order valence-corrected chi connectivity index (χ0v) is 11.6. The van der Waals surface area contributed by atoms with E-state index in [9.17, 15) is 5.11 Å². The summed E-state index contributed by atoms with van der Waals surface area (Å²) in [6.45, 7) is 6.08. The highest BCUT2D eigenvalue weighted by atomic mass is 16.3. The summed E-state index contributed by atoms with van der Waals surface area (Å²) in [5.41, 5.74) is -0.0399. The fourth-order valence-electron chi connectivity index (χ4n) is 3.43. The lowest BCUT2D eigenvalue weighted by molar-refractivity contribution is 0.0618. The van der Waals surface area contributed by atoms with Crippen molar-refractivity contribution in [2.45, 2.75) is 37.3 Å². The minimum Gasteiger partial charge on any atom is -0.394 e. The third kappa shape index (κ3) is 2.57. The Labute approximate surface area is 110 Å². The van der Waals surface area contributed by atoms with Gasteiger partial charge in [-0.15, -0.1) is 0 Å². The lowest BCUT2D eigenvalue weighted by Crippen LogP contribution is -2.59. The highest BCUT2D eigenvalue weighted by Gasteiger charge is 2.45. The monoisotopic (exact) mass is 253 g/mol. The Morgan fingerprint density at radius 2 is 1.78 bits per heavy atom. The molecular formula is C14H27N3O. The summed E-state index contributed by atoms with van der Waals surface area (Å²) in [5, 5.41) is 13.2. The first-order valence-electron chi connectivity index (χ1n) is 7.53. The molecule has 0 bridgehead atoms. The summed E-state index contributed by atoms with van der Waals surface area (Å²) in [4.78, 5) is 5.19. The van der Waals surface area contributed by atoms with Gasteiger partial charge in [-0.1, -0.05) is 0 Å². The number of hydrogen-bond donors (Lipinski definition) is 2. The van der Waals surface area contributed by atoms with Gasteiger partial charge in [-0.05, 0) is 38.6 Å². The Morgan fingerprint density at radius 3 is 2.22 bits per heavy atom. The molecule has 1 heterocycles. The van der Waals surface area contributed by atoms with Crippen LogP contribution in [0.1, 0.15) is 25.7 Å². The van der Waals surface area contributed by atoms with Crippen LogP contribution >= 0.6 is 0 Å². The average molecular weight is 253 g/mol. The predicted octanol–water partition coefficient (Wildman–Crippen LogP) is 0.127. The molecule has 0 spiro atoms. The third-order valence-electron chi connectivity index (χ3n) is 5.11. The molecule has 1 atom stereocenters. The number of hydrogen-bond acceptors (Lipinski definition) is 4. The molecule has 1 unspecified atom stereocenters. The maximum Gasteiger partial charge on any atom is 0.0628 e. The Bertz CT molecular complexity index is 277. The van der Waals surface area contributed by atoms with Crippen molar-refractivity contribution in [1.29, 1.82) is 0 Å². The van der Waals surface area contributed by atoms with E-state index in [1.165, 1.54) is 51.9 Å². The molecule has 1 aliphatic heterocycles. The molecule has 2 N–H and O–H groups in total. The van der Waals surface area contributed by atoms with Gasteiger partial charge in [0.15, 0.2) is 0 Å². The highest BCUT2D eigenvalue weighted by Crippen LogP contribution is 2.40. The molecule has 4 nitrogen and oxygen atoms in total. The number of likely N-dealkylation sites (N-methyl/N-ethyl adjacent to an activating group) is 1. The number of rotatable bonds is 6. The fraction of sp³-hybridized carbons (Fsp3) is 1.00. The van der Waals surface area contributed by atoms with Gasteiger partial charge in [-0.2, -0.15) is 0 Å². The van der Waals surface area contributed by atoms with Crippen molar-refractivity contribution in [2.75, 3.05) is 46.4 Å². The van der Waals surface area contributed by atoms with Gasteiger partial charge in [0.25, 0.3) is 0 Å². The third-order valence-corrected chi connectivity index (χ3v) is 5.11. The van der Waals surface area contributed by atoms with Crippen molar-refractivity contribution in [3.63, 3.8) is 0 Å². The van der Waals surface area contributed by atoms with Crippen LogP contribution in [0.4, 0.5) is 0 Å². The second-order valence-corrected chi connectivity index (χ2v) is 6.38. The first-order valence-corrected chi connectivity index (χ1v) is 7.53. The Hall–Kier alpha value is -0.160. The molecule has 18 heavy (non-hydrogen) atoms. The minimum absolute atomic E-state index is 0.0399. The summed E-state index contributed by atoms with van der Waals surface area (Å²) < 4.78 is 0. The normalized spacial score (nSPS) is 30.3. The lowest BCUT2D eigenvalue weighted by Gasteiger charge is -2.41. The molecule has 0 aromatic carbocycles. The van der Waals surface area contributed by atoms with Gasteiger partial charge in [0.05, 0.1) is 12.1 Å². The van der Waals surface area contributed by atoms with Crippen LogP contribution < -0.4 is 5.32 Å². The van der Waals surface area contributed by atoms with E-state index in [0.29, 0.717) is 5.92 Å². The number of nitrogens with zero attached hydrogens (tertiary/aromatic N) is 2. The number of aliphatic hydroxyl groups is 1. The van der Waals surface area contributed by atoms with Crippen LogP contribution in [0.3, 0.4) is 0 Å². The van der Waals surface area contributed by atoms with Crippen molar-refractivity contribution < 1.29 is 5.11 Å². The second-order valence-electron chi connectivity index (χ2n) is 6.38.